The summed E-state index contributed by atoms with van der Waals surface area (Å²) in [6.07, 6.45) is -0.616. The maximum absolute atomic E-state index is 14.1. The zero-order valence-corrected chi connectivity index (χ0v) is 23.4. The number of pyridine rings is 1. The van der Waals surface area contributed by atoms with E-state index in [-0.39, 0.29) is 25.1 Å². The molecule has 1 saturated heterocycles. The number of benzene rings is 2. The van der Waals surface area contributed by atoms with E-state index in [1.54, 1.807) is 24.2 Å². The number of aromatic nitrogens is 1. The third kappa shape index (κ3) is 6.02. The Hall–Kier alpha value is -3.29. The van der Waals surface area contributed by atoms with Crippen LogP contribution in [0.25, 0.3) is 10.9 Å². The molecule has 5 unspecified atom stereocenters. The van der Waals surface area contributed by atoms with Gasteiger partial charge in [0.25, 0.3) is 0 Å². The minimum absolute atomic E-state index is 0.153. The van der Waals surface area contributed by atoms with E-state index in [9.17, 15) is 19.0 Å². The molecule has 0 saturated carbocycles. The molecule has 216 valence electrons. The maximum atomic E-state index is 14.1. The lowest BCUT2D eigenvalue weighted by molar-refractivity contribution is -0.162. The number of halogens is 4. The van der Waals surface area contributed by atoms with Crippen LogP contribution in [0.15, 0.2) is 63.1 Å². The topological polar surface area (TPSA) is 119 Å². The van der Waals surface area contributed by atoms with E-state index in [0.29, 0.717) is 22.1 Å². The molecule has 2 aliphatic rings. The summed E-state index contributed by atoms with van der Waals surface area (Å²) < 4.78 is 34.3. The van der Waals surface area contributed by atoms with Crippen LogP contribution in [0.5, 0.6) is 0 Å². The van der Waals surface area contributed by atoms with E-state index in [1.165, 1.54) is 0 Å². The summed E-state index contributed by atoms with van der Waals surface area (Å²) in [4.78, 5) is 6.38. The van der Waals surface area contributed by atoms with Crippen molar-refractivity contribution in [2.75, 3.05) is 24.6 Å². The van der Waals surface area contributed by atoms with Crippen molar-refractivity contribution in [3.05, 3.63) is 69.8 Å². The molecule has 1 fully saturated rings. The molecular formula is C27H27Cl2F2N7O3. The van der Waals surface area contributed by atoms with Crippen molar-refractivity contribution in [2.45, 2.75) is 43.7 Å². The third-order valence-electron chi connectivity index (χ3n) is 7.20. The Kier molecular flexibility index (Phi) is 8.76. The SMILES string of the molecule is C=N/N=C(/C)N(CC1CC(N2CC(c3cc(F)c(Cl)c(F)c3)N=N2)C(O)C(CO)O1)c1cc(Cl)cc2cccnc12. The summed E-state index contributed by atoms with van der Waals surface area (Å²) in [5.74, 6) is -1.29. The Morgan fingerprint density at radius 1 is 1.24 bits per heavy atom. The molecule has 0 radical (unpaired) electrons. The first-order valence-corrected chi connectivity index (χ1v) is 13.5. The molecule has 5 rings (SSSR count). The Labute approximate surface area is 244 Å². The van der Waals surface area contributed by atoms with Crippen molar-refractivity contribution < 1.29 is 23.7 Å². The molecule has 10 nitrogen and oxygen atoms in total. The van der Waals surface area contributed by atoms with Gasteiger partial charge in [0.15, 0.2) is 0 Å². The van der Waals surface area contributed by atoms with E-state index < -0.39 is 53.7 Å². The van der Waals surface area contributed by atoms with Gasteiger partial charge < -0.3 is 19.8 Å². The van der Waals surface area contributed by atoms with E-state index >= 15 is 0 Å². The first kappa shape index (κ1) is 29.2. The van der Waals surface area contributed by atoms with Crippen LogP contribution in [0.1, 0.15) is 24.9 Å². The van der Waals surface area contributed by atoms with Gasteiger partial charge in [-0.25, -0.2) is 8.78 Å². The van der Waals surface area contributed by atoms with Crippen LogP contribution in [0.2, 0.25) is 10.0 Å². The van der Waals surface area contributed by atoms with Crippen LogP contribution in [0, 0.1) is 11.6 Å². The van der Waals surface area contributed by atoms with E-state index in [4.69, 9.17) is 27.9 Å². The predicted octanol–water partition coefficient (Wildman–Crippen LogP) is 4.96. The average molecular weight is 606 g/mol. The van der Waals surface area contributed by atoms with Crippen LogP contribution < -0.4 is 4.90 Å². The van der Waals surface area contributed by atoms with Gasteiger partial charge in [-0.3, -0.25) is 9.99 Å². The molecule has 0 spiro atoms. The Morgan fingerprint density at radius 2 is 2.00 bits per heavy atom. The number of nitrogens with zero attached hydrogens (tertiary/aromatic N) is 7. The van der Waals surface area contributed by atoms with Gasteiger partial charge in [0, 0.05) is 29.7 Å². The van der Waals surface area contributed by atoms with Gasteiger partial charge >= 0.3 is 0 Å². The first-order valence-electron chi connectivity index (χ1n) is 12.8. The largest absolute Gasteiger partial charge is 0.394 e. The second-order valence-electron chi connectivity index (χ2n) is 9.81. The minimum atomic E-state index is -1.11. The Morgan fingerprint density at radius 3 is 2.71 bits per heavy atom. The number of anilines is 1. The summed E-state index contributed by atoms with van der Waals surface area (Å²) in [6, 6.07) is 8.23. The number of aliphatic hydroxyl groups excluding tert-OH is 2. The smallest absolute Gasteiger partial charge is 0.145 e. The highest BCUT2D eigenvalue weighted by atomic mass is 35.5. The summed E-state index contributed by atoms with van der Waals surface area (Å²) in [5, 5.41) is 39.6. The lowest BCUT2D eigenvalue weighted by Gasteiger charge is -2.43. The Bertz CT molecular complexity index is 1490. The highest BCUT2D eigenvalue weighted by molar-refractivity contribution is 6.32. The van der Waals surface area contributed by atoms with Crippen molar-refractivity contribution in [3.8, 4) is 0 Å². The normalized spacial score (nSPS) is 24.7. The van der Waals surface area contributed by atoms with Crippen molar-refractivity contribution >= 4 is 52.3 Å². The quantitative estimate of drug-likeness (QED) is 0.170. The number of amidine groups is 1. The fourth-order valence-electron chi connectivity index (χ4n) is 5.23. The van der Waals surface area contributed by atoms with Gasteiger partial charge in [0.1, 0.15) is 40.7 Å². The third-order valence-corrected chi connectivity index (χ3v) is 7.78. The number of rotatable bonds is 7. The minimum Gasteiger partial charge on any atom is -0.394 e. The lowest BCUT2D eigenvalue weighted by atomic mass is 9.94. The summed E-state index contributed by atoms with van der Waals surface area (Å²) in [5.41, 5.74) is 1.61. The molecule has 2 aliphatic heterocycles. The molecule has 3 aromatic rings. The van der Waals surface area contributed by atoms with Crippen molar-refractivity contribution in [1.82, 2.24) is 9.99 Å². The van der Waals surface area contributed by atoms with Crippen molar-refractivity contribution in [1.29, 1.82) is 0 Å². The summed E-state index contributed by atoms with van der Waals surface area (Å²) in [7, 11) is 0. The molecule has 14 heteroatoms. The van der Waals surface area contributed by atoms with E-state index in [2.05, 4.69) is 32.2 Å². The van der Waals surface area contributed by atoms with Crippen LogP contribution in [-0.4, -0.2) is 76.8 Å². The lowest BCUT2D eigenvalue weighted by Crippen LogP contribution is -2.57. The average Bonchev–Trinajstić information content (AvgIpc) is 3.45. The number of hydrogen-bond acceptors (Lipinski definition) is 9. The van der Waals surface area contributed by atoms with Gasteiger partial charge in [-0.2, -0.15) is 10.2 Å². The van der Waals surface area contributed by atoms with Crippen LogP contribution in [-0.2, 0) is 4.74 Å². The van der Waals surface area contributed by atoms with Gasteiger partial charge in [0.05, 0.1) is 43.0 Å². The van der Waals surface area contributed by atoms with E-state index in [0.717, 1.165) is 17.5 Å². The van der Waals surface area contributed by atoms with Crippen LogP contribution in [0.3, 0.4) is 0 Å². The zero-order valence-electron chi connectivity index (χ0n) is 21.9. The number of fused-ring (bicyclic) bond motifs is 1. The molecular weight excluding hydrogens is 579 g/mol. The second-order valence-corrected chi connectivity index (χ2v) is 10.6. The zero-order chi connectivity index (χ0) is 29.3. The molecule has 3 heterocycles. The van der Waals surface area contributed by atoms with Crippen molar-refractivity contribution in [2.24, 2.45) is 20.5 Å². The highest BCUT2D eigenvalue weighted by Crippen LogP contribution is 2.35. The molecule has 0 aliphatic carbocycles. The second kappa shape index (κ2) is 12.3. The van der Waals surface area contributed by atoms with E-state index in [1.807, 2.05) is 23.1 Å². The maximum Gasteiger partial charge on any atom is 0.145 e. The molecule has 2 N–H and O–H groups in total. The molecule has 1 aromatic heterocycles. The van der Waals surface area contributed by atoms with Crippen LogP contribution in [0.4, 0.5) is 14.5 Å². The molecule has 0 bridgehead atoms. The van der Waals surface area contributed by atoms with Crippen LogP contribution >= 0.6 is 23.2 Å². The van der Waals surface area contributed by atoms with Gasteiger partial charge in [0.2, 0.25) is 0 Å². The first-order chi connectivity index (χ1) is 19.7. The monoisotopic (exact) mass is 605 g/mol. The highest BCUT2D eigenvalue weighted by Gasteiger charge is 2.43. The van der Waals surface area contributed by atoms with Gasteiger partial charge in [-0.15, -0.1) is 5.10 Å². The number of aliphatic hydroxyl groups is 2. The van der Waals surface area contributed by atoms with Gasteiger partial charge in [-0.1, -0.05) is 34.5 Å². The molecule has 2 aromatic carbocycles. The fraction of sp³-hybridized carbons (Fsp3) is 0.370. The number of ether oxygens (including phenoxy) is 1. The van der Waals surface area contributed by atoms with Gasteiger partial charge in [-0.05, 0) is 42.8 Å². The summed E-state index contributed by atoms with van der Waals surface area (Å²) >= 11 is 12.1. The predicted molar refractivity (Wildman–Crippen MR) is 153 cm³/mol. The number of hydrogen-bond donors (Lipinski definition) is 2. The summed E-state index contributed by atoms with van der Waals surface area (Å²) in [6.45, 7) is 5.16. The molecule has 5 atom stereocenters. The molecule has 41 heavy (non-hydrogen) atoms. The standard InChI is InChI=1S/C27H27Cl2F2N7O3/c1-14(34-32-2)37(22-9-17(28)6-15-4-3-5-33-26(15)22)11-18-10-23(27(40)24(13-39)41-18)38-12-21(35-36-38)16-7-19(30)25(29)20(31)8-16/h3-9,18,21,23-24,27,39-40H,2,10-13H2,1H3/b34-14-. The molecule has 0 amide bonds. The fourth-order valence-corrected chi connectivity index (χ4v) is 5.56. The Balaban J connectivity index is 1.42. The van der Waals surface area contributed by atoms with Crippen molar-refractivity contribution in [3.63, 3.8) is 0 Å².